The molecule has 0 bridgehead atoms. The summed E-state index contributed by atoms with van der Waals surface area (Å²) in [5.41, 5.74) is 0. The Labute approximate surface area is 111 Å². The Bertz CT molecular complexity index is 376. The van der Waals surface area contributed by atoms with Crippen molar-refractivity contribution < 1.29 is 8.42 Å². The van der Waals surface area contributed by atoms with Crippen LogP contribution < -0.4 is 5.32 Å². The molecule has 1 saturated carbocycles. The van der Waals surface area contributed by atoms with Crippen molar-refractivity contribution in [1.82, 2.24) is 10.2 Å². The second kappa shape index (κ2) is 5.47. The fraction of sp³-hybridized carbons (Fsp3) is 1.00. The van der Waals surface area contributed by atoms with E-state index in [1.807, 2.05) is 0 Å². The van der Waals surface area contributed by atoms with E-state index >= 15 is 0 Å². The van der Waals surface area contributed by atoms with Crippen LogP contribution in [0.5, 0.6) is 0 Å². The van der Waals surface area contributed by atoms with Crippen LogP contribution in [0.1, 0.15) is 33.6 Å². The van der Waals surface area contributed by atoms with Gasteiger partial charge in [0.2, 0.25) is 0 Å². The molecule has 2 fully saturated rings. The molecule has 1 N–H and O–H groups in total. The molecular weight excluding hydrogens is 248 g/mol. The van der Waals surface area contributed by atoms with Crippen molar-refractivity contribution in [3.63, 3.8) is 0 Å². The Morgan fingerprint density at radius 3 is 2.56 bits per heavy atom. The minimum absolute atomic E-state index is 0.253. The molecule has 0 aromatic carbocycles. The molecule has 18 heavy (non-hydrogen) atoms. The van der Waals surface area contributed by atoms with Gasteiger partial charge in [-0.15, -0.1) is 0 Å². The standard InChI is InChI=1S/C13H26N2O2S/c1-10(2)18(16,17)7-6-15-9-11(3)14-8-13(15)12-4-5-12/h10-14H,4-9H2,1-3H3. The molecular formula is C13H26N2O2S. The molecule has 2 rings (SSSR count). The van der Waals surface area contributed by atoms with Crippen LogP contribution in [0.25, 0.3) is 0 Å². The van der Waals surface area contributed by atoms with Crippen LogP contribution in [0, 0.1) is 5.92 Å². The Balaban J connectivity index is 1.92. The highest BCUT2D eigenvalue weighted by Gasteiger charge is 2.38. The summed E-state index contributed by atoms with van der Waals surface area (Å²) in [4.78, 5) is 2.40. The topological polar surface area (TPSA) is 49.4 Å². The fourth-order valence-electron chi connectivity index (χ4n) is 2.69. The van der Waals surface area contributed by atoms with Gasteiger partial charge < -0.3 is 5.32 Å². The van der Waals surface area contributed by atoms with Gasteiger partial charge in [-0.2, -0.15) is 0 Å². The average molecular weight is 274 g/mol. The van der Waals surface area contributed by atoms with Gasteiger partial charge in [0, 0.05) is 31.7 Å². The Morgan fingerprint density at radius 1 is 1.33 bits per heavy atom. The number of nitrogens with one attached hydrogen (secondary N) is 1. The summed E-state index contributed by atoms with van der Waals surface area (Å²) >= 11 is 0. The van der Waals surface area contributed by atoms with Crippen molar-refractivity contribution >= 4 is 9.84 Å². The highest BCUT2D eigenvalue weighted by molar-refractivity contribution is 7.92. The highest BCUT2D eigenvalue weighted by Crippen LogP contribution is 2.36. The summed E-state index contributed by atoms with van der Waals surface area (Å²) in [6.45, 7) is 8.42. The van der Waals surface area contributed by atoms with E-state index in [9.17, 15) is 8.42 Å². The van der Waals surface area contributed by atoms with Gasteiger partial charge in [-0.1, -0.05) is 0 Å². The molecule has 2 atom stereocenters. The van der Waals surface area contributed by atoms with Gasteiger partial charge in [-0.05, 0) is 39.5 Å². The Hall–Kier alpha value is -0.130. The molecule has 1 aliphatic heterocycles. The molecule has 2 aliphatic rings. The highest BCUT2D eigenvalue weighted by atomic mass is 32.2. The van der Waals surface area contributed by atoms with Gasteiger partial charge in [0.15, 0.2) is 9.84 Å². The molecule has 5 heteroatoms. The zero-order chi connectivity index (χ0) is 13.3. The number of hydrogen-bond donors (Lipinski definition) is 1. The summed E-state index contributed by atoms with van der Waals surface area (Å²) in [6, 6.07) is 1.03. The first-order chi connectivity index (χ1) is 8.40. The first-order valence-electron chi connectivity index (χ1n) is 7.09. The zero-order valence-corrected chi connectivity index (χ0v) is 12.5. The quantitative estimate of drug-likeness (QED) is 0.808. The maximum Gasteiger partial charge on any atom is 0.153 e. The van der Waals surface area contributed by atoms with Gasteiger partial charge in [0.25, 0.3) is 0 Å². The van der Waals surface area contributed by atoms with Crippen molar-refractivity contribution in [2.24, 2.45) is 5.92 Å². The monoisotopic (exact) mass is 274 g/mol. The molecule has 0 spiro atoms. The van der Waals surface area contributed by atoms with Gasteiger partial charge >= 0.3 is 0 Å². The molecule has 1 aliphatic carbocycles. The molecule has 0 radical (unpaired) electrons. The SMILES string of the molecule is CC1CN(CCS(=O)(=O)C(C)C)C(C2CC2)CN1. The fourth-order valence-corrected chi connectivity index (χ4v) is 3.65. The van der Waals surface area contributed by atoms with Crippen molar-refractivity contribution in [2.45, 2.75) is 50.9 Å². The smallest absolute Gasteiger partial charge is 0.153 e. The van der Waals surface area contributed by atoms with E-state index in [1.54, 1.807) is 13.8 Å². The third-order valence-corrected chi connectivity index (χ3v) is 6.39. The molecule has 0 amide bonds. The van der Waals surface area contributed by atoms with Crippen molar-refractivity contribution in [3.8, 4) is 0 Å². The van der Waals surface area contributed by atoms with Crippen LogP contribution in [0.2, 0.25) is 0 Å². The summed E-state index contributed by atoms with van der Waals surface area (Å²) < 4.78 is 23.8. The van der Waals surface area contributed by atoms with Gasteiger partial charge in [-0.25, -0.2) is 8.42 Å². The van der Waals surface area contributed by atoms with E-state index in [0.717, 1.165) is 19.0 Å². The Kier molecular flexibility index (Phi) is 4.34. The van der Waals surface area contributed by atoms with Gasteiger partial charge in [0.1, 0.15) is 0 Å². The summed E-state index contributed by atoms with van der Waals surface area (Å²) in [6.07, 6.45) is 2.63. The number of rotatable bonds is 5. The minimum Gasteiger partial charge on any atom is -0.311 e. The summed E-state index contributed by atoms with van der Waals surface area (Å²) in [7, 11) is -2.91. The van der Waals surface area contributed by atoms with Crippen LogP contribution in [-0.2, 0) is 9.84 Å². The van der Waals surface area contributed by atoms with E-state index in [0.29, 0.717) is 24.4 Å². The maximum atomic E-state index is 11.9. The molecule has 0 aromatic heterocycles. The predicted molar refractivity (Wildman–Crippen MR) is 74.5 cm³/mol. The number of piperazine rings is 1. The number of sulfone groups is 1. The van der Waals surface area contributed by atoms with E-state index in [1.165, 1.54) is 12.8 Å². The summed E-state index contributed by atoms with van der Waals surface area (Å²) in [5.74, 6) is 1.10. The number of nitrogens with zero attached hydrogens (tertiary/aromatic N) is 1. The molecule has 0 aromatic rings. The predicted octanol–water partition coefficient (Wildman–Crippen LogP) is 0.882. The molecule has 4 nitrogen and oxygen atoms in total. The number of hydrogen-bond acceptors (Lipinski definition) is 4. The molecule has 106 valence electrons. The third kappa shape index (κ3) is 3.45. The minimum atomic E-state index is -2.91. The second-order valence-electron chi connectivity index (χ2n) is 6.12. The van der Waals surface area contributed by atoms with E-state index < -0.39 is 9.84 Å². The third-order valence-electron chi connectivity index (χ3n) is 4.20. The van der Waals surface area contributed by atoms with E-state index in [-0.39, 0.29) is 5.25 Å². The molecule has 1 heterocycles. The first-order valence-corrected chi connectivity index (χ1v) is 8.80. The van der Waals surface area contributed by atoms with Crippen LogP contribution in [0.15, 0.2) is 0 Å². The first kappa shape index (κ1) is 14.3. The maximum absolute atomic E-state index is 11.9. The second-order valence-corrected chi connectivity index (χ2v) is 8.80. The van der Waals surface area contributed by atoms with Crippen LogP contribution in [0.4, 0.5) is 0 Å². The molecule has 2 unspecified atom stereocenters. The van der Waals surface area contributed by atoms with E-state index in [2.05, 4.69) is 17.1 Å². The van der Waals surface area contributed by atoms with Crippen LogP contribution >= 0.6 is 0 Å². The lowest BCUT2D eigenvalue weighted by molar-refractivity contribution is 0.127. The largest absolute Gasteiger partial charge is 0.311 e. The lowest BCUT2D eigenvalue weighted by Crippen LogP contribution is -2.57. The van der Waals surface area contributed by atoms with E-state index in [4.69, 9.17) is 0 Å². The van der Waals surface area contributed by atoms with Gasteiger partial charge in [-0.3, -0.25) is 4.90 Å². The van der Waals surface area contributed by atoms with Crippen LogP contribution in [-0.4, -0.2) is 56.0 Å². The average Bonchev–Trinajstić information content (AvgIpc) is 3.10. The Morgan fingerprint density at radius 2 is 2.00 bits per heavy atom. The lowest BCUT2D eigenvalue weighted by Gasteiger charge is -2.39. The van der Waals surface area contributed by atoms with Crippen molar-refractivity contribution in [2.75, 3.05) is 25.4 Å². The summed E-state index contributed by atoms with van der Waals surface area (Å²) in [5, 5.41) is 3.26. The van der Waals surface area contributed by atoms with Gasteiger partial charge in [0.05, 0.1) is 11.0 Å². The zero-order valence-electron chi connectivity index (χ0n) is 11.7. The molecule has 1 saturated heterocycles. The normalized spacial score (nSPS) is 30.9. The van der Waals surface area contributed by atoms with Crippen molar-refractivity contribution in [3.05, 3.63) is 0 Å². The van der Waals surface area contributed by atoms with Crippen LogP contribution in [0.3, 0.4) is 0 Å². The lowest BCUT2D eigenvalue weighted by atomic mass is 10.1. The van der Waals surface area contributed by atoms with Crippen molar-refractivity contribution in [1.29, 1.82) is 0 Å².